The molecule has 8 heteroatoms. The predicted octanol–water partition coefficient (Wildman–Crippen LogP) is 2.68. The van der Waals surface area contributed by atoms with Crippen molar-refractivity contribution in [2.45, 2.75) is 39.3 Å². The molecule has 0 heterocycles. The van der Waals surface area contributed by atoms with Crippen molar-refractivity contribution in [1.82, 2.24) is 14.5 Å². The molecule has 180 valence electrons. The molecule has 1 N–H and O–H groups in total. The van der Waals surface area contributed by atoms with E-state index in [4.69, 9.17) is 0 Å². The first-order valence-corrected chi connectivity index (χ1v) is 13.0. The van der Waals surface area contributed by atoms with Gasteiger partial charge in [-0.1, -0.05) is 74.5 Å². The number of nitrogens with one attached hydrogen (secondary N) is 1. The number of amides is 2. The molecule has 2 amide bonds. The summed E-state index contributed by atoms with van der Waals surface area (Å²) in [6.07, 6.45) is 2.21. The molecule has 0 aliphatic carbocycles. The van der Waals surface area contributed by atoms with Gasteiger partial charge >= 0.3 is 0 Å². The van der Waals surface area contributed by atoms with Gasteiger partial charge in [0.05, 0.1) is 12.8 Å². The largest absolute Gasteiger partial charge is 0.354 e. The molecule has 0 fully saturated rings. The van der Waals surface area contributed by atoms with Crippen LogP contribution < -0.4 is 5.32 Å². The maximum atomic E-state index is 13.4. The Balaban J connectivity index is 2.38. The Morgan fingerprint density at radius 3 is 2.00 bits per heavy atom. The molecule has 1 atom stereocenters. The van der Waals surface area contributed by atoms with E-state index in [1.807, 2.05) is 60.7 Å². The van der Waals surface area contributed by atoms with Crippen LogP contribution >= 0.6 is 0 Å². The van der Waals surface area contributed by atoms with Crippen molar-refractivity contribution < 1.29 is 18.0 Å². The van der Waals surface area contributed by atoms with Gasteiger partial charge in [-0.25, -0.2) is 8.42 Å². The third-order valence-electron chi connectivity index (χ3n) is 5.41. The first-order valence-electron chi connectivity index (χ1n) is 11.1. The number of hydrogen-bond donors (Lipinski definition) is 1. The van der Waals surface area contributed by atoms with Crippen molar-refractivity contribution >= 4 is 21.8 Å². The summed E-state index contributed by atoms with van der Waals surface area (Å²) in [5.41, 5.74) is 1.78. The standard InChI is InChI=1S/C25H35N3O4S/c1-20(2)15-16-26-25(30)23(17-21-11-7-5-8-12-21)28(18-22-13-9-6-10-14-22)24(29)19-27(3)33(4,31)32/h5-14,20,23H,15-19H2,1-4H3,(H,26,30). The number of rotatable bonds is 12. The highest BCUT2D eigenvalue weighted by Crippen LogP contribution is 2.15. The summed E-state index contributed by atoms with van der Waals surface area (Å²) < 4.78 is 24.9. The lowest BCUT2D eigenvalue weighted by Crippen LogP contribution is -2.53. The van der Waals surface area contributed by atoms with Crippen LogP contribution in [0.2, 0.25) is 0 Å². The Hall–Kier alpha value is -2.71. The molecule has 2 rings (SSSR count). The average Bonchev–Trinajstić information content (AvgIpc) is 2.76. The second-order valence-electron chi connectivity index (χ2n) is 8.71. The van der Waals surface area contributed by atoms with Gasteiger partial charge in [0.15, 0.2) is 0 Å². The summed E-state index contributed by atoms with van der Waals surface area (Å²) in [5.74, 6) is -0.235. The molecule has 0 saturated carbocycles. The van der Waals surface area contributed by atoms with E-state index in [0.717, 1.165) is 28.1 Å². The smallest absolute Gasteiger partial charge is 0.243 e. The van der Waals surface area contributed by atoms with E-state index in [9.17, 15) is 18.0 Å². The lowest BCUT2D eigenvalue weighted by Gasteiger charge is -2.32. The fraction of sp³-hybridized carbons (Fsp3) is 0.440. The molecule has 2 aromatic carbocycles. The molecule has 0 bridgehead atoms. The number of hydrogen-bond acceptors (Lipinski definition) is 4. The highest BCUT2D eigenvalue weighted by Gasteiger charge is 2.31. The maximum Gasteiger partial charge on any atom is 0.243 e. The summed E-state index contributed by atoms with van der Waals surface area (Å²) in [7, 11) is -2.18. The van der Waals surface area contributed by atoms with Crippen molar-refractivity contribution in [3.63, 3.8) is 0 Å². The van der Waals surface area contributed by atoms with Crippen LogP contribution in [0.5, 0.6) is 0 Å². The van der Waals surface area contributed by atoms with E-state index in [0.29, 0.717) is 18.9 Å². The zero-order valence-electron chi connectivity index (χ0n) is 19.9. The van der Waals surface area contributed by atoms with E-state index in [1.165, 1.54) is 11.9 Å². The summed E-state index contributed by atoms with van der Waals surface area (Å²) in [5, 5.41) is 2.97. The van der Waals surface area contributed by atoms with Crippen molar-refractivity contribution in [1.29, 1.82) is 0 Å². The van der Waals surface area contributed by atoms with Crippen molar-refractivity contribution in [2.24, 2.45) is 5.92 Å². The summed E-state index contributed by atoms with van der Waals surface area (Å²) in [4.78, 5) is 28.2. The van der Waals surface area contributed by atoms with Gasteiger partial charge in [-0.2, -0.15) is 4.31 Å². The normalized spacial score (nSPS) is 12.5. The van der Waals surface area contributed by atoms with Crippen molar-refractivity contribution in [3.8, 4) is 0 Å². The minimum Gasteiger partial charge on any atom is -0.354 e. The van der Waals surface area contributed by atoms with Gasteiger partial charge in [-0.05, 0) is 23.5 Å². The van der Waals surface area contributed by atoms with E-state index in [-0.39, 0.29) is 19.0 Å². The summed E-state index contributed by atoms with van der Waals surface area (Å²) in [6, 6.07) is 18.1. The predicted molar refractivity (Wildman–Crippen MR) is 131 cm³/mol. The van der Waals surface area contributed by atoms with E-state index < -0.39 is 22.0 Å². The molecule has 0 spiro atoms. The lowest BCUT2D eigenvalue weighted by molar-refractivity contribution is -0.141. The minimum absolute atomic E-state index is 0.201. The summed E-state index contributed by atoms with van der Waals surface area (Å²) in [6.45, 7) is 4.54. The topological polar surface area (TPSA) is 86.8 Å². The highest BCUT2D eigenvalue weighted by molar-refractivity contribution is 7.88. The van der Waals surface area contributed by atoms with Crippen LogP contribution in [-0.4, -0.2) is 61.9 Å². The Morgan fingerprint density at radius 1 is 0.939 bits per heavy atom. The summed E-state index contributed by atoms with van der Waals surface area (Å²) >= 11 is 0. The van der Waals surface area contributed by atoms with Crippen LogP contribution in [0.3, 0.4) is 0 Å². The zero-order chi connectivity index (χ0) is 24.4. The Bertz CT molecular complexity index is 995. The zero-order valence-corrected chi connectivity index (χ0v) is 20.7. The number of benzene rings is 2. The first kappa shape index (κ1) is 26.5. The molecule has 0 aliphatic heterocycles. The van der Waals surface area contributed by atoms with Gasteiger partial charge in [0.1, 0.15) is 6.04 Å². The van der Waals surface area contributed by atoms with Crippen LogP contribution in [0.15, 0.2) is 60.7 Å². The van der Waals surface area contributed by atoms with E-state index >= 15 is 0 Å². The second kappa shape index (κ2) is 12.5. The van der Waals surface area contributed by atoms with Crippen LogP contribution in [-0.2, 0) is 32.6 Å². The van der Waals surface area contributed by atoms with Gasteiger partial charge in [-0.15, -0.1) is 0 Å². The maximum absolute atomic E-state index is 13.4. The SMILES string of the molecule is CC(C)CCNC(=O)C(Cc1ccccc1)N(Cc1ccccc1)C(=O)CN(C)S(C)(=O)=O. The van der Waals surface area contributed by atoms with Crippen LogP contribution in [0.4, 0.5) is 0 Å². The third kappa shape index (κ3) is 8.98. The fourth-order valence-electron chi connectivity index (χ4n) is 3.33. The number of carbonyl (C=O) groups is 2. The molecule has 7 nitrogen and oxygen atoms in total. The molecule has 0 aliphatic rings. The van der Waals surface area contributed by atoms with E-state index in [2.05, 4.69) is 19.2 Å². The second-order valence-corrected chi connectivity index (χ2v) is 10.8. The van der Waals surface area contributed by atoms with Crippen molar-refractivity contribution in [3.05, 3.63) is 71.8 Å². The number of likely N-dealkylation sites (N-methyl/N-ethyl adjacent to an activating group) is 1. The van der Waals surface area contributed by atoms with Gasteiger partial charge in [0.25, 0.3) is 0 Å². The van der Waals surface area contributed by atoms with Gasteiger partial charge in [0, 0.05) is 26.6 Å². The molecule has 0 saturated heterocycles. The molecule has 0 radical (unpaired) electrons. The molecular formula is C25H35N3O4S. The Morgan fingerprint density at radius 2 is 1.48 bits per heavy atom. The molecule has 1 unspecified atom stereocenters. The lowest BCUT2D eigenvalue weighted by atomic mass is 10.0. The molecule has 0 aromatic heterocycles. The third-order valence-corrected chi connectivity index (χ3v) is 6.67. The first-order chi connectivity index (χ1) is 15.6. The van der Waals surface area contributed by atoms with Crippen LogP contribution in [0.1, 0.15) is 31.4 Å². The molecular weight excluding hydrogens is 438 g/mol. The van der Waals surface area contributed by atoms with Crippen molar-refractivity contribution in [2.75, 3.05) is 26.4 Å². The van der Waals surface area contributed by atoms with Gasteiger partial charge < -0.3 is 10.2 Å². The van der Waals surface area contributed by atoms with Crippen LogP contribution in [0, 0.1) is 5.92 Å². The van der Waals surface area contributed by atoms with Gasteiger partial charge in [0.2, 0.25) is 21.8 Å². The Labute approximate surface area is 197 Å². The quantitative estimate of drug-likeness (QED) is 0.514. The van der Waals surface area contributed by atoms with Crippen LogP contribution in [0.25, 0.3) is 0 Å². The van der Waals surface area contributed by atoms with Gasteiger partial charge in [-0.3, -0.25) is 9.59 Å². The Kier molecular flexibility index (Phi) is 10.1. The average molecular weight is 474 g/mol. The number of nitrogens with zero attached hydrogens (tertiary/aromatic N) is 2. The number of carbonyl (C=O) groups excluding carboxylic acids is 2. The minimum atomic E-state index is -3.55. The molecule has 2 aromatic rings. The molecule has 33 heavy (non-hydrogen) atoms. The highest BCUT2D eigenvalue weighted by atomic mass is 32.2. The monoisotopic (exact) mass is 473 g/mol. The van der Waals surface area contributed by atoms with E-state index in [1.54, 1.807) is 0 Å². The number of sulfonamides is 1. The fourth-order valence-corrected chi connectivity index (χ4v) is 3.68.